The molecule has 1 aromatic heterocycles. The van der Waals surface area contributed by atoms with Gasteiger partial charge in [0.1, 0.15) is 4.88 Å². The molecular formula is C12H18N2OS. The van der Waals surface area contributed by atoms with E-state index in [0.717, 1.165) is 6.54 Å². The number of thiophene rings is 1. The molecule has 4 heteroatoms. The van der Waals surface area contributed by atoms with Crippen molar-refractivity contribution in [1.82, 2.24) is 5.32 Å². The van der Waals surface area contributed by atoms with Crippen LogP contribution < -0.4 is 11.1 Å². The van der Waals surface area contributed by atoms with Gasteiger partial charge in [0.2, 0.25) is 0 Å². The molecule has 0 spiro atoms. The highest BCUT2D eigenvalue weighted by molar-refractivity contribution is 7.12. The normalized spacial score (nSPS) is 17.2. The molecule has 1 fully saturated rings. The number of nitrogen functional groups attached to an aromatic ring is 1. The van der Waals surface area contributed by atoms with Gasteiger partial charge in [-0.15, -0.1) is 11.3 Å². The average Bonchev–Trinajstić information content (AvgIpc) is 2.74. The summed E-state index contributed by atoms with van der Waals surface area (Å²) in [5.74, 6) is 0.650. The molecule has 0 radical (unpaired) electrons. The molecule has 3 N–H and O–H groups in total. The second-order valence-electron chi connectivity index (χ2n) is 4.42. The minimum Gasteiger partial charge on any atom is -0.397 e. The molecule has 3 nitrogen and oxygen atoms in total. The maximum Gasteiger partial charge on any atom is 0.263 e. The van der Waals surface area contributed by atoms with Crippen LogP contribution >= 0.6 is 11.3 Å². The first-order valence-corrected chi connectivity index (χ1v) is 6.76. The van der Waals surface area contributed by atoms with Crippen molar-refractivity contribution in [1.29, 1.82) is 0 Å². The fourth-order valence-corrected chi connectivity index (χ4v) is 2.95. The highest BCUT2D eigenvalue weighted by Gasteiger charge is 2.16. The van der Waals surface area contributed by atoms with Gasteiger partial charge in [-0.2, -0.15) is 0 Å². The molecule has 0 aliphatic heterocycles. The summed E-state index contributed by atoms with van der Waals surface area (Å²) in [7, 11) is 0. The lowest BCUT2D eigenvalue weighted by Gasteiger charge is -2.21. The molecule has 1 aromatic rings. The van der Waals surface area contributed by atoms with Crippen molar-refractivity contribution in [3.8, 4) is 0 Å². The van der Waals surface area contributed by atoms with Gasteiger partial charge in [-0.3, -0.25) is 4.79 Å². The lowest BCUT2D eigenvalue weighted by Crippen LogP contribution is -2.30. The van der Waals surface area contributed by atoms with E-state index in [1.54, 1.807) is 6.07 Å². The van der Waals surface area contributed by atoms with Crippen molar-refractivity contribution in [3.05, 3.63) is 16.3 Å². The molecule has 2 rings (SSSR count). The van der Waals surface area contributed by atoms with E-state index >= 15 is 0 Å². The zero-order valence-corrected chi connectivity index (χ0v) is 10.2. The Bertz CT molecular complexity index is 356. The Morgan fingerprint density at radius 1 is 1.44 bits per heavy atom. The summed E-state index contributed by atoms with van der Waals surface area (Å²) < 4.78 is 0. The monoisotopic (exact) mass is 238 g/mol. The third-order valence-electron chi connectivity index (χ3n) is 3.18. The van der Waals surface area contributed by atoms with E-state index in [2.05, 4.69) is 5.32 Å². The number of anilines is 1. The number of amides is 1. The maximum absolute atomic E-state index is 11.8. The minimum atomic E-state index is -0.0157. The maximum atomic E-state index is 11.8. The topological polar surface area (TPSA) is 55.1 Å². The standard InChI is InChI=1S/C12H18N2OS/c13-10-6-7-16-11(10)12(15)14-8-9-4-2-1-3-5-9/h6-7,9H,1-5,8,13H2,(H,14,15). The van der Waals surface area contributed by atoms with Crippen molar-refractivity contribution >= 4 is 22.9 Å². The number of nitrogens with one attached hydrogen (secondary N) is 1. The second kappa shape index (κ2) is 5.34. The lowest BCUT2D eigenvalue weighted by molar-refractivity contribution is 0.0948. The van der Waals surface area contributed by atoms with Crippen LogP contribution in [0.1, 0.15) is 41.8 Å². The van der Waals surface area contributed by atoms with Crippen molar-refractivity contribution in [3.63, 3.8) is 0 Å². The molecule has 0 aromatic carbocycles. The molecular weight excluding hydrogens is 220 g/mol. The van der Waals surface area contributed by atoms with Crippen molar-refractivity contribution in [2.75, 3.05) is 12.3 Å². The van der Waals surface area contributed by atoms with Gasteiger partial charge in [-0.05, 0) is 30.2 Å². The van der Waals surface area contributed by atoms with Crippen LogP contribution in [0.25, 0.3) is 0 Å². The van der Waals surface area contributed by atoms with Crippen molar-refractivity contribution in [2.45, 2.75) is 32.1 Å². The largest absolute Gasteiger partial charge is 0.397 e. The van der Waals surface area contributed by atoms with Gasteiger partial charge in [-0.1, -0.05) is 19.3 Å². The molecule has 1 aliphatic rings. The van der Waals surface area contributed by atoms with E-state index in [1.165, 1.54) is 43.4 Å². The first-order valence-electron chi connectivity index (χ1n) is 5.88. The Morgan fingerprint density at radius 2 is 2.19 bits per heavy atom. The molecule has 0 atom stereocenters. The second-order valence-corrected chi connectivity index (χ2v) is 5.34. The molecule has 1 heterocycles. The van der Waals surface area contributed by atoms with Crippen LogP contribution in [0, 0.1) is 5.92 Å². The summed E-state index contributed by atoms with van der Waals surface area (Å²) in [4.78, 5) is 12.4. The number of carbonyl (C=O) groups excluding carboxylic acids is 1. The van der Waals surface area contributed by atoms with Gasteiger partial charge in [0.25, 0.3) is 5.91 Å². The Hall–Kier alpha value is -1.03. The zero-order valence-electron chi connectivity index (χ0n) is 9.37. The first kappa shape index (κ1) is 11.5. The van der Waals surface area contributed by atoms with E-state index in [1.807, 2.05) is 5.38 Å². The molecule has 0 bridgehead atoms. The van der Waals surface area contributed by atoms with Crippen LogP contribution in [-0.2, 0) is 0 Å². The zero-order chi connectivity index (χ0) is 11.4. The van der Waals surface area contributed by atoms with Gasteiger partial charge in [0, 0.05) is 6.54 Å². The number of hydrogen-bond donors (Lipinski definition) is 2. The molecule has 0 saturated heterocycles. The quantitative estimate of drug-likeness (QED) is 0.850. The van der Waals surface area contributed by atoms with Crippen molar-refractivity contribution < 1.29 is 4.79 Å². The highest BCUT2D eigenvalue weighted by atomic mass is 32.1. The molecule has 1 amide bonds. The average molecular weight is 238 g/mol. The van der Waals surface area contributed by atoms with E-state index in [0.29, 0.717) is 16.5 Å². The van der Waals surface area contributed by atoms with Crippen LogP contribution in [0.2, 0.25) is 0 Å². The van der Waals surface area contributed by atoms with E-state index < -0.39 is 0 Å². The summed E-state index contributed by atoms with van der Waals surface area (Å²) in [5.41, 5.74) is 6.29. The fraction of sp³-hybridized carbons (Fsp3) is 0.583. The number of rotatable bonds is 3. The van der Waals surface area contributed by atoms with Gasteiger partial charge in [0.15, 0.2) is 0 Å². The number of hydrogen-bond acceptors (Lipinski definition) is 3. The summed E-state index contributed by atoms with van der Waals surface area (Å²) in [5, 5.41) is 4.84. The Morgan fingerprint density at radius 3 is 2.81 bits per heavy atom. The van der Waals surface area contributed by atoms with Gasteiger partial charge in [-0.25, -0.2) is 0 Å². The predicted octanol–water partition coefficient (Wildman–Crippen LogP) is 2.64. The molecule has 0 unspecified atom stereocenters. The van der Waals surface area contributed by atoms with Gasteiger partial charge >= 0.3 is 0 Å². The summed E-state index contributed by atoms with van der Waals surface area (Å²) >= 11 is 1.41. The third-order valence-corrected chi connectivity index (χ3v) is 4.11. The third kappa shape index (κ3) is 2.76. The first-order chi connectivity index (χ1) is 7.77. The highest BCUT2D eigenvalue weighted by Crippen LogP contribution is 2.23. The number of carbonyl (C=O) groups is 1. The lowest BCUT2D eigenvalue weighted by atomic mass is 9.89. The van der Waals surface area contributed by atoms with Crippen LogP contribution in [0.3, 0.4) is 0 Å². The number of nitrogens with two attached hydrogens (primary N) is 1. The molecule has 88 valence electrons. The van der Waals surface area contributed by atoms with Crippen LogP contribution in [0.15, 0.2) is 11.4 Å². The van der Waals surface area contributed by atoms with Crippen LogP contribution in [-0.4, -0.2) is 12.5 Å². The summed E-state index contributed by atoms with van der Waals surface area (Å²) in [6, 6.07) is 1.78. The van der Waals surface area contributed by atoms with Gasteiger partial charge < -0.3 is 11.1 Å². The van der Waals surface area contributed by atoms with E-state index in [4.69, 9.17) is 5.73 Å². The van der Waals surface area contributed by atoms with Gasteiger partial charge in [0.05, 0.1) is 5.69 Å². The van der Waals surface area contributed by atoms with Crippen LogP contribution in [0.5, 0.6) is 0 Å². The summed E-state index contributed by atoms with van der Waals surface area (Å²) in [6.07, 6.45) is 6.46. The fourth-order valence-electron chi connectivity index (χ4n) is 2.21. The predicted molar refractivity (Wildman–Crippen MR) is 67.6 cm³/mol. The SMILES string of the molecule is Nc1ccsc1C(=O)NCC1CCCCC1. The molecule has 1 saturated carbocycles. The smallest absolute Gasteiger partial charge is 0.263 e. The van der Waals surface area contributed by atoms with Crippen molar-refractivity contribution in [2.24, 2.45) is 5.92 Å². The Kier molecular flexibility index (Phi) is 3.83. The van der Waals surface area contributed by atoms with E-state index in [-0.39, 0.29) is 5.91 Å². The molecule has 16 heavy (non-hydrogen) atoms. The Labute approximate surface area is 100 Å². The summed E-state index contributed by atoms with van der Waals surface area (Å²) in [6.45, 7) is 0.802. The minimum absolute atomic E-state index is 0.0157. The van der Waals surface area contributed by atoms with E-state index in [9.17, 15) is 4.79 Å². The molecule has 1 aliphatic carbocycles. The Balaban J connectivity index is 1.81. The van der Waals surface area contributed by atoms with Crippen LogP contribution in [0.4, 0.5) is 5.69 Å².